The number of benzene rings is 3. The van der Waals surface area contributed by atoms with Crippen LogP contribution < -0.4 is 14.4 Å². The van der Waals surface area contributed by atoms with E-state index in [0.29, 0.717) is 17.0 Å². The van der Waals surface area contributed by atoms with Crippen LogP contribution in [-0.4, -0.2) is 27.7 Å². The van der Waals surface area contributed by atoms with Gasteiger partial charge in [-0.1, -0.05) is 48.5 Å². The first-order valence-electron chi connectivity index (χ1n) is 9.85. The van der Waals surface area contributed by atoms with Crippen LogP contribution in [0.15, 0.2) is 78.9 Å². The van der Waals surface area contributed by atoms with Gasteiger partial charge in [0.1, 0.15) is 5.75 Å². The maximum absolute atomic E-state index is 12.7. The van der Waals surface area contributed by atoms with Crippen molar-refractivity contribution in [3.8, 4) is 5.75 Å². The zero-order valence-electron chi connectivity index (χ0n) is 17.8. The van der Waals surface area contributed by atoms with Crippen LogP contribution in [-0.2, 0) is 16.6 Å². The van der Waals surface area contributed by atoms with Crippen LogP contribution in [0.1, 0.15) is 34.5 Å². The average Bonchev–Trinajstić information content (AvgIpc) is 2.77. The fourth-order valence-corrected chi connectivity index (χ4v) is 4.20. The normalized spacial score (nSPS) is 12.1. The highest BCUT2D eigenvalue weighted by molar-refractivity contribution is 7.92. The molecule has 3 aromatic rings. The maximum atomic E-state index is 12.7. The second-order valence-electron chi connectivity index (χ2n) is 7.24. The van der Waals surface area contributed by atoms with Crippen LogP contribution in [0.5, 0.6) is 5.75 Å². The van der Waals surface area contributed by atoms with Crippen LogP contribution in [0.25, 0.3) is 0 Å². The number of hydrogen-bond donors (Lipinski definition) is 1. The molecule has 162 valence electrons. The molecule has 0 aliphatic carbocycles. The minimum atomic E-state index is -3.49. The van der Waals surface area contributed by atoms with Gasteiger partial charge in [-0.05, 0) is 42.8 Å². The predicted octanol–water partition coefficient (Wildman–Crippen LogP) is 4.15. The third kappa shape index (κ3) is 5.64. The van der Waals surface area contributed by atoms with E-state index in [1.807, 2.05) is 61.5 Å². The van der Waals surface area contributed by atoms with Crippen LogP contribution in [0, 0.1) is 0 Å². The number of nitrogens with one attached hydrogen (secondary N) is 1. The molecule has 7 heteroatoms. The summed E-state index contributed by atoms with van der Waals surface area (Å²) in [5, 5.41) is 2.96. The minimum Gasteiger partial charge on any atom is -0.496 e. The summed E-state index contributed by atoms with van der Waals surface area (Å²) in [7, 11) is -1.90. The van der Waals surface area contributed by atoms with Gasteiger partial charge in [0.25, 0.3) is 5.91 Å². The molecule has 0 radical (unpaired) electrons. The van der Waals surface area contributed by atoms with E-state index in [4.69, 9.17) is 4.74 Å². The molecule has 6 nitrogen and oxygen atoms in total. The van der Waals surface area contributed by atoms with E-state index in [-0.39, 0.29) is 18.5 Å². The maximum Gasteiger partial charge on any atom is 0.251 e. The minimum absolute atomic E-state index is 0.218. The number of sulfonamides is 1. The molecule has 0 aliphatic heterocycles. The van der Waals surface area contributed by atoms with Crippen molar-refractivity contribution >= 4 is 21.6 Å². The Bertz CT molecular complexity index is 1130. The van der Waals surface area contributed by atoms with Crippen molar-refractivity contribution in [2.75, 3.05) is 17.7 Å². The van der Waals surface area contributed by atoms with Crippen molar-refractivity contribution in [1.29, 1.82) is 0 Å². The Balaban J connectivity index is 1.77. The van der Waals surface area contributed by atoms with Crippen molar-refractivity contribution < 1.29 is 17.9 Å². The van der Waals surface area contributed by atoms with Crippen LogP contribution in [0.3, 0.4) is 0 Å². The summed E-state index contributed by atoms with van der Waals surface area (Å²) in [4.78, 5) is 12.7. The second kappa shape index (κ2) is 9.66. The van der Waals surface area contributed by atoms with E-state index in [1.165, 1.54) is 10.6 Å². The molecule has 0 bridgehead atoms. The fraction of sp³-hybridized carbons (Fsp3) is 0.208. The zero-order valence-corrected chi connectivity index (χ0v) is 18.6. The van der Waals surface area contributed by atoms with E-state index >= 15 is 0 Å². The van der Waals surface area contributed by atoms with E-state index in [9.17, 15) is 13.2 Å². The number of carbonyl (C=O) groups excluding carboxylic acids is 1. The first-order chi connectivity index (χ1) is 14.8. The number of methoxy groups -OCH3 is 1. The molecule has 0 spiro atoms. The van der Waals surface area contributed by atoms with Gasteiger partial charge in [-0.15, -0.1) is 0 Å². The summed E-state index contributed by atoms with van der Waals surface area (Å²) in [5.74, 6) is 0.453. The summed E-state index contributed by atoms with van der Waals surface area (Å²) < 4.78 is 31.4. The second-order valence-corrected chi connectivity index (χ2v) is 9.15. The van der Waals surface area contributed by atoms with Crippen LogP contribution >= 0.6 is 0 Å². The van der Waals surface area contributed by atoms with Crippen molar-refractivity contribution in [1.82, 2.24) is 5.32 Å². The topological polar surface area (TPSA) is 75.7 Å². The third-order valence-corrected chi connectivity index (χ3v) is 6.08. The lowest BCUT2D eigenvalue weighted by Crippen LogP contribution is -2.29. The highest BCUT2D eigenvalue weighted by Gasteiger charge is 2.19. The van der Waals surface area contributed by atoms with E-state index in [2.05, 4.69) is 5.32 Å². The molecule has 1 N–H and O–H groups in total. The first-order valence-corrected chi connectivity index (χ1v) is 11.7. The average molecular weight is 439 g/mol. The van der Waals surface area contributed by atoms with Crippen molar-refractivity contribution in [2.45, 2.75) is 19.5 Å². The van der Waals surface area contributed by atoms with Gasteiger partial charge in [0, 0.05) is 11.1 Å². The van der Waals surface area contributed by atoms with Crippen molar-refractivity contribution in [2.24, 2.45) is 0 Å². The summed E-state index contributed by atoms with van der Waals surface area (Å²) in [6.07, 6.45) is 1.17. The number of hydrogen-bond acceptors (Lipinski definition) is 4. The molecule has 0 aliphatic rings. The van der Waals surface area contributed by atoms with E-state index < -0.39 is 10.0 Å². The Morgan fingerprint density at radius 2 is 1.58 bits per heavy atom. The molecular weight excluding hydrogens is 412 g/mol. The largest absolute Gasteiger partial charge is 0.496 e. The molecule has 1 amide bonds. The Hall–Kier alpha value is -3.32. The Labute approximate surface area is 183 Å². The lowest BCUT2D eigenvalue weighted by atomic mass is 10.1. The molecule has 3 aromatic carbocycles. The van der Waals surface area contributed by atoms with Gasteiger partial charge in [0.15, 0.2) is 0 Å². The van der Waals surface area contributed by atoms with Gasteiger partial charge >= 0.3 is 0 Å². The molecule has 0 unspecified atom stereocenters. The number of carbonyl (C=O) groups is 1. The summed E-state index contributed by atoms with van der Waals surface area (Å²) >= 11 is 0. The molecule has 0 aromatic heterocycles. The number of ether oxygens (including phenoxy) is 1. The van der Waals surface area contributed by atoms with E-state index in [1.54, 1.807) is 31.4 Å². The molecule has 0 heterocycles. The summed E-state index contributed by atoms with van der Waals surface area (Å²) in [5.41, 5.74) is 2.70. The molecule has 0 fully saturated rings. The highest BCUT2D eigenvalue weighted by atomic mass is 32.2. The molecule has 31 heavy (non-hydrogen) atoms. The third-order valence-electron chi connectivity index (χ3n) is 4.94. The highest BCUT2D eigenvalue weighted by Crippen LogP contribution is 2.25. The fourth-order valence-electron chi connectivity index (χ4n) is 3.31. The number of para-hydroxylation sites is 1. The summed E-state index contributed by atoms with van der Waals surface area (Å²) in [6.45, 7) is 2.10. The molecule has 0 saturated carbocycles. The van der Waals surface area contributed by atoms with Crippen LogP contribution in [0.4, 0.5) is 5.69 Å². The van der Waals surface area contributed by atoms with Gasteiger partial charge in [0.05, 0.1) is 31.6 Å². The van der Waals surface area contributed by atoms with Crippen molar-refractivity contribution in [3.63, 3.8) is 0 Å². The van der Waals surface area contributed by atoms with Gasteiger partial charge in [0.2, 0.25) is 10.0 Å². The molecule has 0 saturated heterocycles. The van der Waals surface area contributed by atoms with Crippen molar-refractivity contribution in [3.05, 3.63) is 95.6 Å². The van der Waals surface area contributed by atoms with Crippen LogP contribution in [0.2, 0.25) is 0 Å². The first kappa shape index (κ1) is 22.4. The van der Waals surface area contributed by atoms with E-state index in [0.717, 1.165) is 11.1 Å². The Kier molecular flexibility index (Phi) is 6.97. The van der Waals surface area contributed by atoms with Gasteiger partial charge in [-0.3, -0.25) is 9.10 Å². The Morgan fingerprint density at radius 1 is 0.968 bits per heavy atom. The van der Waals surface area contributed by atoms with Gasteiger partial charge < -0.3 is 10.1 Å². The lowest BCUT2D eigenvalue weighted by molar-refractivity contribution is 0.0939. The standard InChI is InChI=1S/C24H26N2O4S/c1-18(22-11-7-8-12-23(22)30-2)25-24(27)20-13-15-21(16-14-20)26(31(3,28)29)17-19-9-5-4-6-10-19/h4-16,18H,17H2,1-3H3,(H,25,27)/t18-/m0/s1. The lowest BCUT2D eigenvalue weighted by Gasteiger charge is -2.23. The molecular formula is C24H26N2O4S. The SMILES string of the molecule is COc1ccccc1[C@H](C)NC(=O)c1ccc(N(Cc2ccccc2)S(C)(=O)=O)cc1. The zero-order chi connectivity index (χ0) is 22.4. The molecule has 3 rings (SSSR count). The Morgan fingerprint density at radius 3 is 2.19 bits per heavy atom. The van der Waals surface area contributed by atoms with Gasteiger partial charge in [-0.2, -0.15) is 0 Å². The number of amides is 1. The number of nitrogens with zero attached hydrogens (tertiary/aromatic N) is 1. The quantitative estimate of drug-likeness (QED) is 0.573. The summed E-state index contributed by atoms with van der Waals surface area (Å²) in [6, 6.07) is 23.2. The smallest absolute Gasteiger partial charge is 0.251 e. The van der Waals surface area contributed by atoms with Gasteiger partial charge in [-0.25, -0.2) is 8.42 Å². The number of rotatable bonds is 8. The monoisotopic (exact) mass is 438 g/mol. The molecule has 1 atom stereocenters. The number of anilines is 1. The predicted molar refractivity (Wildman–Crippen MR) is 123 cm³/mol.